The lowest BCUT2D eigenvalue weighted by atomic mass is 10.00. The first-order valence-corrected chi connectivity index (χ1v) is 6.12. The topological polar surface area (TPSA) is 67.6 Å². The molecule has 2 rings (SSSR count). The average Bonchev–Trinajstić information content (AvgIpc) is 2.35. The van der Waals surface area contributed by atoms with E-state index in [0.717, 1.165) is 18.5 Å². The summed E-state index contributed by atoms with van der Waals surface area (Å²) in [5, 5.41) is 0. The largest absolute Gasteiger partial charge is 0.374 e. The van der Waals surface area contributed by atoms with Crippen LogP contribution in [0.15, 0.2) is 18.2 Å². The number of hydroxylamine groups is 1. The van der Waals surface area contributed by atoms with Gasteiger partial charge in [-0.3, -0.25) is 9.63 Å². The molecule has 5 nitrogen and oxygen atoms in total. The van der Waals surface area contributed by atoms with Gasteiger partial charge in [0.15, 0.2) is 0 Å². The number of aryl methyl sites for hydroxylation is 1. The third kappa shape index (κ3) is 3.21. The van der Waals surface area contributed by atoms with Crippen LogP contribution in [0.25, 0.3) is 0 Å². The number of amides is 1. The molecular formula is C13H19N3O2. The van der Waals surface area contributed by atoms with Gasteiger partial charge in [0.2, 0.25) is 5.91 Å². The summed E-state index contributed by atoms with van der Waals surface area (Å²) in [5.41, 5.74) is 11.5. The molecule has 3 N–H and O–H groups in total. The standard InChI is InChI=1S/C13H19N3O2/c1-16-6-2-3-11-7-10(4-5-12(11)16)8-15-18-9-13(14)17/h4-5,7,15H,2-3,6,8-9H2,1H3,(H2,14,17). The van der Waals surface area contributed by atoms with Crippen LogP contribution in [-0.2, 0) is 22.6 Å². The van der Waals surface area contributed by atoms with Crippen LogP contribution in [0.3, 0.4) is 0 Å². The van der Waals surface area contributed by atoms with Crippen molar-refractivity contribution in [1.29, 1.82) is 0 Å². The van der Waals surface area contributed by atoms with Gasteiger partial charge in [-0.25, -0.2) is 0 Å². The fourth-order valence-corrected chi connectivity index (χ4v) is 2.21. The molecule has 0 saturated heterocycles. The zero-order valence-corrected chi connectivity index (χ0v) is 10.6. The Morgan fingerprint density at radius 2 is 2.39 bits per heavy atom. The van der Waals surface area contributed by atoms with E-state index in [4.69, 9.17) is 10.6 Å². The smallest absolute Gasteiger partial charge is 0.245 e. The second-order valence-corrected chi connectivity index (χ2v) is 4.56. The molecule has 0 atom stereocenters. The SMILES string of the molecule is CN1CCCc2cc(CNOCC(N)=O)ccc21. The summed E-state index contributed by atoms with van der Waals surface area (Å²) in [7, 11) is 2.12. The van der Waals surface area contributed by atoms with E-state index in [9.17, 15) is 4.79 Å². The fraction of sp³-hybridized carbons (Fsp3) is 0.462. The molecule has 98 valence electrons. The van der Waals surface area contributed by atoms with E-state index in [2.05, 4.69) is 35.6 Å². The van der Waals surface area contributed by atoms with Crippen molar-refractivity contribution >= 4 is 11.6 Å². The number of hydrogen-bond donors (Lipinski definition) is 2. The quantitative estimate of drug-likeness (QED) is 0.591. The maximum Gasteiger partial charge on any atom is 0.245 e. The molecule has 0 aromatic heterocycles. The third-order valence-corrected chi connectivity index (χ3v) is 3.09. The van der Waals surface area contributed by atoms with E-state index in [1.807, 2.05) is 0 Å². The minimum Gasteiger partial charge on any atom is -0.374 e. The molecule has 18 heavy (non-hydrogen) atoms. The summed E-state index contributed by atoms with van der Waals surface area (Å²) in [4.78, 5) is 17.7. The number of hydrogen-bond acceptors (Lipinski definition) is 4. The Kier molecular flexibility index (Phi) is 4.17. The summed E-state index contributed by atoms with van der Waals surface area (Å²) >= 11 is 0. The first-order chi connectivity index (χ1) is 8.66. The van der Waals surface area contributed by atoms with E-state index in [-0.39, 0.29) is 6.61 Å². The van der Waals surface area contributed by atoms with Gasteiger partial charge in [0.1, 0.15) is 6.61 Å². The lowest BCUT2D eigenvalue weighted by Crippen LogP contribution is -2.26. The molecule has 1 aromatic rings. The van der Waals surface area contributed by atoms with E-state index >= 15 is 0 Å². The van der Waals surface area contributed by atoms with Gasteiger partial charge in [-0.1, -0.05) is 12.1 Å². The molecule has 0 bridgehead atoms. The highest BCUT2D eigenvalue weighted by Crippen LogP contribution is 2.26. The number of nitrogens with two attached hydrogens (primary N) is 1. The number of primary amides is 1. The number of carbonyl (C=O) groups excluding carboxylic acids is 1. The van der Waals surface area contributed by atoms with Gasteiger partial charge in [0, 0.05) is 25.8 Å². The monoisotopic (exact) mass is 249 g/mol. The minimum absolute atomic E-state index is 0.103. The summed E-state index contributed by atoms with van der Waals surface area (Å²) in [6.07, 6.45) is 2.31. The number of nitrogens with one attached hydrogen (secondary N) is 1. The molecule has 1 aliphatic heterocycles. The maximum absolute atomic E-state index is 10.5. The molecule has 1 aromatic carbocycles. The van der Waals surface area contributed by atoms with Crippen molar-refractivity contribution in [2.24, 2.45) is 5.73 Å². The molecular weight excluding hydrogens is 230 g/mol. The molecule has 5 heteroatoms. The predicted molar refractivity (Wildman–Crippen MR) is 70.0 cm³/mol. The van der Waals surface area contributed by atoms with Gasteiger partial charge in [-0.15, -0.1) is 0 Å². The molecule has 0 radical (unpaired) electrons. The number of nitrogens with zero attached hydrogens (tertiary/aromatic N) is 1. The molecule has 0 fully saturated rings. The van der Waals surface area contributed by atoms with Gasteiger partial charge in [0.25, 0.3) is 0 Å². The van der Waals surface area contributed by atoms with Crippen molar-refractivity contribution in [3.63, 3.8) is 0 Å². The van der Waals surface area contributed by atoms with Crippen molar-refractivity contribution in [2.75, 3.05) is 25.1 Å². The van der Waals surface area contributed by atoms with Gasteiger partial charge in [0.05, 0.1) is 0 Å². The Morgan fingerprint density at radius 1 is 1.56 bits per heavy atom. The maximum atomic E-state index is 10.5. The molecule has 1 aliphatic rings. The Morgan fingerprint density at radius 3 is 3.17 bits per heavy atom. The van der Waals surface area contributed by atoms with E-state index in [1.54, 1.807) is 0 Å². The van der Waals surface area contributed by atoms with Crippen molar-refractivity contribution in [1.82, 2.24) is 5.48 Å². The van der Waals surface area contributed by atoms with Gasteiger partial charge in [-0.05, 0) is 30.0 Å². The van der Waals surface area contributed by atoms with E-state index in [1.165, 1.54) is 17.7 Å². The van der Waals surface area contributed by atoms with Gasteiger partial charge >= 0.3 is 0 Å². The summed E-state index contributed by atoms with van der Waals surface area (Å²) in [5.74, 6) is -0.477. The normalized spacial score (nSPS) is 14.4. The highest BCUT2D eigenvalue weighted by Gasteiger charge is 2.13. The average molecular weight is 249 g/mol. The summed E-state index contributed by atoms with van der Waals surface area (Å²) in [6, 6.07) is 6.40. The third-order valence-electron chi connectivity index (χ3n) is 3.09. The van der Waals surface area contributed by atoms with Crippen LogP contribution < -0.4 is 16.1 Å². The van der Waals surface area contributed by atoms with Crippen LogP contribution in [0.5, 0.6) is 0 Å². The Hall–Kier alpha value is -1.59. The minimum atomic E-state index is -0.477. The Balaban J connectivity index is 1.92. The van der Waals surface area contributed by atoms with Crippen LogP contribution in [0, 0.1) is 0 Å². The van der Waals surface area contributed by atoms with Crippen LogP contribution in [-0.4, -0.2) is 26.1 Å². The van der Waals surface area contributed by atoms with Crippen LogP contribution in [0.1, 0.15) is 17.5 Å². The first-order valence-electron chi connectivity index (χ1n) is 6.12. The molecule has 1 amide bonds. The lowest BCUT2D eigenvalue weighted by molar-refractivity contribution is -0.125. The molecule has 0 aliphatic carbocycles. The van der Waals surface area contributed by atoms with Crippen LogP contribution in [0.4, 0.5) is 5.69 Å². The van der Waals surface area contributed by atoms with Crippen molar-refractivity contribution in [3.05, 3.63) is 29.3 Å². The van der Waals surface area contributed by atoms with Crippen molar-refractivity contribution < 1.29 is 9.63 Å². The van der Waals surface area contributed by atoms with Crippen molar-refractivity contribution in [2.45, 2.75) is 19.4 Å². The highest BCUT2D eigenvalue weighted by molar-refractivity contribution is 5.74. The molecule has 0 saturated carbocycles. The Labute approximate surface area is 107 Å². The number of anilines is 1. The van der Waals surface area contributed by atoms with Crippen molar-refractivity contribution in [3.8, 4) is 0 Å². The summed E-state index contributed by atoms with van der Waals surface area (Å²) in [6.45, 7) is 1.59. The number of fused-ring (bicyclic) bond motifs is 1. The molecule has 0 spiro atoms. The van der Waals surface area contributed by atoms with Gasteiger partial charge in [-0.2, -0.15) is 5.48 Å². The second-order valence-electron chi connectivity index (χ2n) is 4.56. The number of rotatable bonds is 5. The Bertz CT molecular complexity index is 434. The molecule has 1 heterocycles. The van der Waals surface area contributed by atoms with E-state index < -0.39 is 5.91 Å². The summed E-state index contributed by atoms with van der Waals surface area (Å²) < 4.78 is 0. The van der Waals surface area contributed by atoms with Crippen LogP contribution >= 0.6 is 0 Å². The van der Waals surface area contributed by atoms with Gasteiger partial charge < -0.3 is 10.6 Å². The zero-order valence-electron chi connectivity index (χ0n) is 10.6. The highest BCUT2D eigenvalue weighted by atomic mass is 16.6. The molecule has 0 unspecified atom stereocenters. The van der Waals surface area contributed by atoms with E-state index in [0.29, 0.717) is 6.54 Å². The lowest BCUT2D eigenvalue weighted by Gasteiger charge is -2.27. The zero-order chi connectivity index (χ0) is 13.0. The first kappa shape index (κ1) is 12.9. The fourth-order valence-electron chi connectivity index (χ4n) is 2.21. The number of benzene rings is 1. The second kappa shape index (κ2) is 5.84. The van der Waals surface area contributed by atoms with Crippen LogP contribution in [0.2, 0.25) is 0 Å². The number of carbonyl (C=O) groups is 1. The predicted octanol–water partition coefficient (Wildman–Crippen LogP) is 0.576.